The zero-order valence-electron chi connectivity index (χ0n) is 15.1. The van der Waals surface area contributed by atoms with Crippen molar-refractivity contribution in [2.75, 3.05) is 14.2 Å². The molecule has 2 saturated carbocycles. The number of rotatable bonds is 3. The first-order valence-corrected chi connectivity index (χ1v) is 9.51. The minimum Gasteiger partial charge on any atom is -0.468 e. The Morgan fingerprint density at radius 2 is 1.48 bits per heavy atom. The van der Waals surface area contributed by atoms with Crippen molar-refractivity contribution >= 4 is 16.3 Å². The lowest BCUT2D eigenvalue weighted by molar-refractivity contribution is -0.229. The van der Waals surface area contributed by atoms with E-state index in [1.165, 1.54) is 18.8 Å². The molecule has 150 valence electrons. The van der Waals surface area contributed by atoms with Crippen LogP contribution < -0.4 is 5.14 Å². The molecule has 2 N–H and O–H groups in total. The van der Waals surface area contributed by atoms with Crippen LogP contribution >= 0.6 is 0 Å². The first kappa shape index (κ1) is 24.1. The SMILES string of the molecule is C1CC2CCC1C2.CCC(C)(C(=O)OC)C(F)(F)F.COS(N)(=O)=O. The largest absolute Gasteiger partial charge is 0.468 e. The molecule has 2 bridgehead atoms. The summed E-state index contributed by atoms with van der Waals surface area (Å²) in [6.07, 6.45) is 2.96. The highest BCUT2D eigenvalue weighted by molar-refractivity contribution is 7.84. The normalized spacial score (nSPS) is 24.3. The molecular formula is C15H28F3NO5S. The highest BCUT2D eigenvalue weighted by Gasteiger charge is 2.56. The zero-order valence-corrected chi connectivity index (χ0v) is 15.9. The number of hydrogen-bond acceptors (Lipinski definition) is 5. The number of hydrogen-bond donors (Lipinski definition) is 1. The lowest BCUT2D eigenvalue weighted by Crippen LogP contribution is -2.42. The van der Waals surface area contributed by atoms with Crippen LogP contribution in [0.2, 0.25) is 0 Å². The number of methoxy groups -OCH3 is 1. The Hall–Kier alpha value is -0.870. The van der Waals surface area contributed by atoms with Gasteiger partial charge in [0.25, 0.3) is 0 Å². The third-order valence-corrected chi connectivity index (χ3v) is 5.30. The fourth-order valence-corrected chi connectivity index (χ4v) is 2.86. The molecule has 0 spiro atoms. The molecule has 0 aliphatic heterocycles. The first-order chi connectivity index (χ1) is 11.3. The fraction of sp³-hybridized carbons (Fsp3) is 0.933. The standard InChI is InChI=1S/C7H11F3O2.C7H12.CH5NO3S/c1-4-6(2,5(11)12-3)7(8,9)10;1-2-7-4-3-6(1)5-7;1-5-6(2,3)4/h4H2,1-3H3;6-7H,1-5H2;1H3,(H2,2,3,4). The molecule has 2 aliphatic carbocycles. The van der Waals surface area contributed by atoms with Gasteiger partial charge in [0, 0.05) is 0 Å². The summed E-state index contributed by atoms with van der Waals surface area (Å²) in [5, 5.41) is 4.28. The summed E-state index contributed by atoms with van der Waals surface area (Å²) < 4.78 is 63.6. The molecule has 25 heavy (non-hydrogen) atoms. The number of fused-ring (bicyclic) bond motifs is 2. The van der Waals surface area contributed by atoms with Crippen molar-refractivity contribution in [3.05, 3.63) is 0 Å². The molecule has 2 fully saturated rings. The van der Waals surface area contributed by atoms with E-state index in [0.29, 0.717) is 0 Å². The Bertz CT molecular complexity index is 506. The smallest absolute Gasteiger partial charge is 0.404 e. The molecule has 0 aromatic rings. The van der Waals surface area contributed by atoms with Gasteiger partial charge in [-0.15, -0.1) is 0 Å². The minimum atomic E-state index is -4.55. The van der Waals surface area contributed by atoms with E-state index in [1.54, 1.807) is 32.1 Å². The lowest BCUT2D eigenvalue weighted by Gasteiger charge is -2.27. The number of carbonyl (C=O) groups excluding carboxylic acids is 1. The molecule has 0 radical (unpaired) electrons. The Labute approximate surface area is 147 Å². The van der Waals surface area contributed by atoms with Crippen molar-refractivity contribution in [1.82, 2.24) is 0 Å². The predicted molar refractivity (Wildman–Crippen MR) is 86.7 cm³/mol. The lowest BCUT2D eigenvalue weighted by atomic mass is 9.87. The van der Waals surface area contributed by atoms with Gasteiger partial charge in [-0.2, -0.15) is 21.6 Å². The minimum absolute atomic E-state index is 0.316. The van der Waals surface area contributed by atoms with Gasteiger partial charge in [-0.25, -0.2) is 5.14 Å². The van der Waals surface area contributed by atoms with Crippen LogP contribution in [0.4, 0.5) is 13.2 Å². The Morgan fingerprint density at radius 1 is 1.12 bits per heavy atom. The average molecular weight is 391 g/mol. The topological polar surface area (TPSA) is 95.7 Å². The zero-order chi connectivity index (χ0) is 19.9. The third-order valence-electron chi connectivity index (χ3n) is 4.83. The second-order valence-electron chi connectivity index (χ2n) is 6.46. The van der Waals surface area contributed by atoms with Gasteiger partial charge in [0.2, 0.25) is 0 Å². The summed E-state index contributed by atoms with van der Waals surface area (Å²) in [5.74, 6) is 1.10. The van der Waals surface area contributed by atoms with Crippen LogP contribution in [-0.4, -0.2) is 34.8 Å². The summed E-state index contributed by atoms with van der Waals surface area (Å²) in [5.41, 5.74) is -2.37. The number of nitrogens with two attached hydrogens (primary N) is 1. The van der Waals surface area contributed by atoms with E-state index < -0.39 is 27.9 Å². The maximum absolute atomic E-state index is 12.2. The van der Waals surface area contributed by atoms with Crippen LogP contribution in [0.1, 0.15) is 52.4 Å². The van der Waals surface area contributed by atoms with E-state index in [0.717, 1.165) is 21.1 Å². The van der Waals surface area contributed by atoms with Gasteiger partial charge in [0.15, 0.2) is 5.41 Å². The van der Waals surface area contributed by atoms with E-state index in [4.69, 9.17) is 0 Å². The van der Waals surface area contributed by atoms with Crippen LogP contribution in [0.5, 0.6) is 0 Å². The molecule has 1 atom stereocenters. The van der Waals surface area contributed by atoms with Crippen molar-refractivity contribution in [1.29, 1.82) is 0 Å². The summed E-state index contributed by atoms with van der Waals surface area (Å²) in [6, 6.07) is 0. The van der Waals surface area contributed by atoms with Crippen LogP contribution in [0.15, 0.2) is 0 Å². The highest BCUT2D eigenvalue weighted by Crippen LogP contribution is 2.44. The number of esters is 1. The monoisotopic (exact) mass is 391 g/mol. The maximum Gasteiger partial charge on any atom is 0.404 e. The molecule has 6 nitrogen and oxygen atoms in total. The van der Waals surface area contributed by atoms with Crippen molar-refractivity contribution < 1.29 is 35.3 Å². The Kier molecular flexibility index (Phi) is 9.39. The molecular weight excluding hydrogens is 363 g/mol. The number of ether oxygens (including phenoxy) is 1. The van der Waals surface area contributed by atoms with E-state index >= 15 is 0 Å². The first-order valence-electron chi connectivity index (χ1n) is 8.04. The highest BCUT2D eigenvalue weighted by atomic mass is 32.2. The van der Waals surface area contributed by atoms with E-state index in [-0.39, 0.29) is 6.42 Å². The maximum atomic E-state index is 12.2. The summed E-state index contributed by atoms with van der Waals surface area (Å²) in [6.45, 7) is 2.13. The summed E-state index contributed by atoms with van der Waals surface area (Å²) in [7, 11) is -1.72. The molecule has 10 heteroatoms. The van der Waals surface area contributed by atoms with Gasteiger partial charge < -0.3 is 4.74 Å². The summed E-state index contributed by atoms with van der Waals surface area (Å²) >= 11 is 0. The van der Waals surface area contributed by atoms with E-state index in [2.05, 4.69) is 14.1 Å². The van der Waals surface area contributed by atoms with Crippen molar-refractivity contribution in [3.8, 4) is 0 Å². The molecule has 0 heterocycles. The van der Waals surface area contributed by atoms with Gasteiger partial charge in [-0.05, 0) is 31.6 Å². The molecule has 0 amide bonds. The molecule has 2 rings (SSSR count). The van der Waals surface area contributed by atoms with Gasteiger partial charge in [-0.3, -0.25) is 8.98 Å². The van der Waals surface area contributed by atoms with Crippen LogP contribution in [0, 0.1) is 17.3 Å². The van der Waals surface area contributed by atoms with Crippen molar-refractivity contribution in [2.24, 2.45) is 22.4 Å². The summed E-state index contributed by atoms with van der Waals surface area (Å²) in [4.78, 5) is 10.8. The molecule has 2 aliphatic rings. The van der Waals surface area contributed by atoms with Crippen LogP contribution in [0.3, 0.4) is 0 Å². The number of alkyl halides is 3. The Balaban J connectivity index is 0.000000373. The van der Waals surface area contributed by atoms with E-state index in [9.17, 15) is 26.4 Å². The number of carbonyl (C=O) groups is 1. The van der Waals surface area contributed by atoms with Gasteiger partial charge in [0.1, 0.15) is 0 Å². The number of halogens is 3. The predicted octanol–water partition coefficient (Wildman–Crippen LogP) is 3.17. The van der Waals surface area contributed by atoms with Crippen LogP contribution in [-0.2, 0) is 24.0 Å². The quantitative estimate of drug-likeness (QED) is 0.746. The van der Waals surface area contributed by atoms with Crippen molar-refractivity contribution in [3.63, 3.8) is 0 Å². The van der Waals surface area contributed by atoms with Gasteiger partial charge in [-0.1, -0.05) is 32.6 Å². The second kappa shape index (κ2) is 9.72. The van der Waals surface area contributed by atoms with Crippen LogP contribution in [0.25, 0.3) is 0 Å². The average Bonchev–Trinajstić information content (AvgIpc) is 3.18. The molecule has 1 unspecified atom stereocenters. The molecule has 0 aromatic carbocycles. The van der Waals surface area contributed by atoms with Gasteiger partial charge >= 0.3 is 22.4 Å². The molecule has 0 saturated heterocycles. The van der Waals surface area contributed by atoms with E-state index in [1.807, 2.05) is 0 Å². The third kappa shape index (κ3) is 7.91. The fourth-order valence-electron chi connectivity index (χ4n) is 2.86. The van der Waals surface area contributed by atoms with Crippen molar-refractivity contribution in [2.45, 2.75) is 58.5 Å². The Morgan fingerprint density at radius 3 is 1.56 bits per heavy atom. The second-order valence-corrected chi connectivity index (χ2v) is 7.78. The molecule has 0 aromatic heterocycles. The van der Waals surface area contributed by atoms with Gasteiger partial charge in [0.05, 0.1) is 14.2 Å².